The third-order valence-electron chi connectivity index (χ3n) is 4.99. The monoisotopic (exact) mass is 315 g/mol. The molecular weight excluding hydrogens is 290 g/mol. The molecule has 3 rings (SSSR count). The first-order valence-electron chi connectivity index (χ1n) is 8.33. The molecular formula is C17H25N5O. The van der Waals surface area contributed by atoms with Crippen LogP contribution in [0.5, 0.6) is 0 Å². The van der Waals surface area contributed by atoms with E-state index in [1.165, 1.54) is 12.8 Å². The van der Waals surface area contributed by atoms with Crippen molar-refractivity contribution in [2.45, 2.75) is 44.1 Å². The van der Waals surface area contributed by atoms with Crippen molar-refractivity contribution < 1.29 is 4.79 Å². The van der Waals surface area contributed by atoms with E-state index in [1.807, 2.05) is 12.1 Å². The number of nitrogens with one attached hydrogen (secondary N) is 2. The van der Waals surface area contributed by atoms with Gasteiger partial charge >= 0.3 is 0 Å². The molecule has 0 atom stereocenters. The molecule has 1 saturated carbocycles. The van der Waals surface area contributed by atoms with Gasteiger partial charge in [-0.1, -0.05) is 12.8 Å². The lowest BCUT2D eigenvalue weighted by atomic mass is 9.96. The fourth-order valence-corrected chi connectivity index (χ4v) is 3.41. The number of fused-ring (bicyclic) bond motifs is 1. The molecule has 1 aliphatic carbocycles. The Kier molecular flexibility index (Phi) is 4.61. The van der Waals surface area contributed by atoms with Crippen LogP contribution in [0, 0.1) is 0 Å². The molecule has 0 spiro atoms. The van der Waals surface area contributed by atoms with Gasteiger partial charge in [-0.15, -0.1) is 0 Å². The van der Waals surface area contributed by atoms with E-state index in [-0.39, 0.29) is 11.4 Å². The van der Waals surface area contributed by atoms with E-state index in [9.17, 15) is 4.79 Å². The molecule has 124 valence electrons. The van der Waals surface area contributed by atoms with Crippen LogP contribution in [0.1, 0.15) is 37.9 Å². The Hall–Kier alpha value is -1.95. The summed E-state index contributed by atoms with van der Waals surface area (Å²) in [6.45, 7) is 0.737. The van der Waals surface area contributed by atoms with Crippen molar-refractivity contribution in [2.75, 3.05) is 20.6 Å². The highest BCUT2D eigenvalue weighted by atomic mass is 16.1. The Morgan fingerprint density at radius 2 is 2.17 bits per heavy atom. The van der Waals surface area contributed by atoms with Gasteiger partial charge in [-0.05, 0) is 39.1 Å². The Balaban J connectivity index is 1.51. The highest BCUT2D eigenvalue weighted by molar-refractivity contribution is 5.76. The molecule has 2 N–H and O–H groups in total. The van der Waals surface area contributed by atoms with E-state index in [2.05, 4.69) is 39.3 Å². The van der Waals surface area contributed by atoms with Crippen LogP contribution in [0.4, 0.5) is 0 Å². The fourth-order valence-electron chi connectivity index (χ4n) is 3.41. The molecule has 1 amide bonds. The summed E-state index contributed by atoms with van der Waals surface area (Å²) in [4.78, 5) is 26.3. The van der Waals surface area contributed by atoms with Crippen LogP contribution >= 0.6 is 0 Å². The van der Waals surface area contributed by atoms with Crippen molar-refractivity contribution >= 4 is 17.1 Å². The number of hydrogen-bond donors (Lipinski definition) is 2. The number of rotatable bonds is 6. The van der Waals surface area contributed by atoms with Gasteiger partial charge in [0.15, 0.2) is 5.65 Å². The number of likely N-dealkylation sites (N-methyl/N-ethyl adjacent to an activating group) is 1. The molecule has 6 nitrogen and oxygen atoms in total. The smallest absolute Gasteiger partial charge is 0.220 e. The minimum absolute atomic E-state index is 0.0894. The first-order chi connectivity index (χ1) is 11.1. The zero-order chi connectivity index (χ0) is 16.3. The SMILES string of the molecule is CN(C)C1(CNC(=O)CCc2nc3ncccc3[nH]2)CCCC1. The third-order valence-corrected chi connectivity index (χ3v) is 4.99. The van der Waals surface area contributed by atoms with E-state index in [0.717, 1.165) is 30.7 Å². The molecule has 6 heteroatoms. The molecule has 23 heavy (non-hydrogen) atoms. The summed E-state index contributed by atoms with van der Waals surface area (Å²) in [5, 5.41) is 3.11. The van der Waals surface area contributed by atoms with Crippen LogP contribution in [0.2, 0.25) is 0 Å². The van der Waals surface area contributed by atoms with Crippen molar-refractivity contribution in [3.63, 3.8) is 0 Å². The summed E-state index contributed by atoms with van der Waals surface area (Å²) < 4.78 is 0. The molecule has 1 aliphatic rings. The number of aromatic amines is 1. The Bertz CT molecular complexity index is 639. The van der Waals surface area contributed by atoms with Gasteiger partial charge in [-0.2, -0.15) is 0 Å². The Morgan fingerprint density at radius 3 is 2.87 bits per heavy atom. The van der Waals surface area contributed by atoms with Crippen molar-refractivity contribution in [3.8, 4) is 0 Å². The summed E-state index contributed by atoms with van der Waals surface area (Å²) in [5.41, 5.74) is 1.76. The summed E-state index contributed by atoms with van der Waals surface area (Å²) in [5.74, 6) is 0.906. The maximum absolute atomic E-state index is 12.2. The number of carbonyl (C=O) groups is 1. The van der Waals surface area contributed by atoms with Crippen LogP contribution in [0.15, 0.2) is 18.3 Å². The van der Waals surface area contributed by atoms with E-state index in [1.54, 1.807) is 6.20 Å². The Morgan fingerprint density at radius 1 is 1.39 bits per heavy atom. The molecule has 2 aromatic heterocycles. The molecule has 1 fully saturated rings. The predicted molar refractivity (Wildman–Crippen MR) is 90.1 cm³/mol. The average molecular weight is 315 g/mol. The van der Waals surface area contributed by atoms with E-state index < -0.39 is 0 Å². The van der Waals surface area contributed by atoms with Crippen LogP contribution in [-0.4, -0.2) is 51.9 Å². The molecule has 0 radical (unpaired) electrons. The second kappa shape index (κ2) is 6.66. The first kappa shape index (κ1) is 15.9. The van der Waals surface area contributed by atoms with E-state index >= 15 is 0 Å². The topological polar surface area (TPSA) is 73.9 Å². The van der Waals surface area contributed by atoms with Crippen LogP contribution in [-0.2, 0) is 11.2 Å². The fraction of sp³-hybridized carbons (Fsp3) is 0.588. The van der Waals surface area contributed by atoms with Crippen molar-refractivity contribution in [1.82, 2.24) is 25.2 Å². The standard InChI is InChI=1S/C17H25N5O/c1-22(2)17(9-3-4-10-17)12-19-15(23)8-7-14-20-13-6-5-11-18-16(13)21-14/h5-6,11H,3-4,7-10,12H2,1-2H3,(H,19,23)(H,18,20,21). The molecule has 0 aliphatic heterocycles. The second-order valence-corrected chi connectivity index (χ2v) is 6.66. The summed E-state index contributed by atoms with van der Waals surface area (Å²) >= 11 is 0. The summed E-state index contributed by atoms with van der Waals surface area (Å²) in [6.07, 6.45) is 7.60. The number of nitrogens with zero attached hydrogens (tertiary/aromatic N) is 3. The third kappa shape index (κ3) is 3.52. The minimum atomic E-state index is 0.0894. The zero-order valence-corrected chi connectivity index (χ0v) is 13.9. The number of H-pyrrole nitrogens is 1. The first-order valence-corrected chi connectivity index (χ1v) is 8.33. The number of aromatic nitrogens is 3. The second-order valence-electron chi connectivity index (χ2n) is 6.66. The number of amides is 1. The van der Waals surface area contributed by atoms with Crippen molar-refractivity contribution in [2.24, 2.45) is 0 Å². The number of hydrogen-bond acceptors (Lipinski definition) is 4. The molecule has 0 saturated heterocycles. The van der Waals surface area contributed by atoms with Gasteiger partial charge in [0.05, 0.1) is 5.52 Å². The molecule has 0 bridgehead atoms. The van der Waals surface area contributed by atoms with Crippen LogP contribution in [0.3, 0.4) is 0 Å². The van der Waals surface area contributed by atoms with Gasteiger partial charge in [-0.3, -0.25) is 4.79 Å². The lowest BCUT2D eigenvalue weighted by Crippen LogP contribution is -2.50. The molecule has 0 aromatic carbocycles. The molecule has 2 heterocycles. The average Bonchev–Trinajstić information content (AvgIpc) is 3.18. The maximum Gasteiger partial charge on any atom is 0.220 e. The highest BCUT2D eigenvalue weighted by Crippen LogP contribution is 2.33. The molecule has 0 unspecified atom stereocenters. The van der Waals surface area contributed by atoms with Crippen molar-refractivity contribution in [1.29, 1.82) is 0 Å². The number of imidazole rings is 1. The maximum atomic E-state index is 12.2. The largest absolute Gasteiger partial charge is 0.354 e. The van der Waals surface area contributed by atoms with Gasteiger partial charge in [-0.25, -0.2) is 9.97 Å². The molecule has 2 aromatic rings. The van der Waals surface area contributed by atoms with Gasteiger partial charge in [0.2, 0.25) is 5.91 Å². The van der Waals surface area contributed by atoms with Crippen LogP contribution in [0.25, 0.3) is 11.2 Å². The lowest BCUT2D eigenvalue weighted by molar-refractivity contribution is -0.121. The zero-order valence-electron chi connectivity index (χ0n) is 13.9. The van der Waals surface area contributed by atoms with Gasteiger partial charge < -0.3 is 15.2 Å². The van der Waals surface area contributed by atoms with Gasteiger partial charge in [0.1, 0.15) is 5.82 Å². The number of carbonyl (C=O) groups excluding carboxylic acids is 1. The van der Waals surface area contributed by atoms with Gasteiger partial charge in [0, 0.05) is 31.1 Å². The summed E-state index contributed by atoms with van der Waals surface area (Å²) in [6, 6.07) is 3.82. The highest BCUT2D eigenvalue weighted by Gasteiger charge is 2.35. The number of aryl methyl sites for hydroxylation is 1. The van der Waals surface area contributed by atoms with Gasteiger partial charge in [0.25, 0.3) is 0 Å². The Labute approximate surface area is 136 Å². The summed E-state index contributed by atoms with van der Waals surface area (Å²) in [7, 11) is 4.22. The quantitative estimate of drug-likeness (QED) is 0.853. The lowest BCUT2D eigenvalue weighted by Gasteiger charge is -2.36. The number of pyridine rings is 1. The minimum Gasteiger partial charge on any atom is -0.354 e. The predicted octanol–water partition coefficient (Wildman–Crippen LogP) is 1.88. The van der Waals surface area contributed by atoms with Crippen LogP contribution < -0.4 is 5.32 Å². The van der Waals surface area contributed by atoms with Crippen molar-refractivity contribution in [3.05, 3.63) is 24.2 Å². The normalized spacial score (nSPS) is 17.0. The van der Waals surface area contributed by atoms with E-state index in [4.69, 9.17) is 0 Å². The van der Waals surface area contributed by atoms with E-state index in [0.29, 0.717) is 18.5 Å².